The second kappa shape index (κ2) is 9.30. The van der Waals surface area contributed by atoms with Crippen molar-refractivity contribution in [3.05, 3.63) is 72.1 Å². The van der Waals surface area contributed by atoms with Crippen LogP contribution in [0.3, 0.4) is 0 Å². The van der Waals surface area contributed by atoms with Gasteiger partial charge < -0.3 is 20.1 Å². The van der Waals surface area contributed by atoms with Crippen molar-refractivity contribution >= 4 is 45.7 Å². The molecule has 204 valence electrons. The minimum Gasteiger partial charge on any atom is -0.343 e. The van der Waals surface area contributed by atoms with E-state index in [0.29, 0.717) is 66.6 Å². The van der Waals surface area contributed by atoms with Crippen LogP contribution in [0.5, 0.6) is 0 Å². The number of likely N-dealkylation sites (tertiary alicyclic amines) is 1. The molecule has 1 saturated heterocycles. The van der Waals surface area contributed by atoms with E-state index in [1.54, 1.807) is 27.9 Å². The Kier molecular flexibility index (Phi) is 5.70. The third-order valence-electron chi connectivity index (χ3n) is 8.31. The number of amides is 4. The van der Waals surface area contributed by atoms with Gasteiger partial charge in [0, 0.05) is 56.6 Å². The highest BCUT2D eigenvalue weighted by Crippen LogP contribution is 2.38. The Labute approximate surface area is 229 Å². The summed E-state index contributed by atoms with van der Waals surface area (Å²) in [5, 5.41) is 0.461. The summed E-state index contributed by atoms with van der Waals surface area (Å²) < 4.78 is 18.7. The molecule has 10 nitrogen and oxygen atoms in total. The van der Waals surface area contributed by atoms with Gasteiger partial charge in [0.05, 0.1) is 28.7 Å². The van der Waals surface area contributed by atoms with Gasteiger partial charge in [0.1, 0.15) is 11.5 Å². The number of urea groups is 1. The van der Waals surface area contributed by atoms with Crippen LogP contribution in [0.1, 0.15) is 24.1 Å². The van der Waals surface area contributed by atoms with Gasteiger partial charge in [-0.25, -0.2) is 19.1 Å². The van der Waals surface area contributed by atoms with Crippen molar-refractivity contribution in [1.82, 2.24) is 23.8 Å². The van der Waals surface area contributed by atoms with E-state index in [-0.39, 0.29) is 18.1 Å². The van der Waals surface area contributed by atoms with Gasteiger partial charge in [0.25, 0.3) is 11.8 Å². The van der Waals surface area contributed by atoms with Crippen molar-refractivity contribution in [1.29, 1.82) is 0 Å². The van der Waals surface area contributed by atoms with E-state index < -0.39 is 17.6 Å². The number of pyridine rings is 1. The first-order valence-corrected chi connectivity index (χ1v) is 13.5. The van der Waals surface area contributed by atoms with E-state index in [1.165, 1.54) is 18.2 Å². The molecule has 1 aromatic carbocycles. The van der Waals surface area contributed by atoms with Gasteiger partial charge in [0.2, 0.25) is 0 Å². The molecule has 4 aromatic rings. The average molecular weight is 542 g/mol. The van der Waals surface area contributed by atoms with Crippen molar-refractivity contribution in [2.45, 2.75) is 25.9 Å². The molecule has 4 amide bonds. The Morgan fingerprint density at radius 2 is 1.90 bits per heavy atom. The second-order valence-electron chi connectivity index (χ2n) is 10.6. The number of carbonyl (C=O) groups is 3. The number of fused-ring (bicyclic) bond motifs is 1. The quantitative estimate of drug-likeness (QED) is 0.401. The summed E-state index contributed by atoms with van der Waals surface area (Å²) in [6.07, 6.45) is 8.14. The van der Waals surface area contributed by atoms with Crippen LogP contribution in [0.2, 0.25) is 0 Å². The lowest BCUT2D eigenvalue weighted by Crippen LogP contribution is -2.47. The van der Waals surface area contributed by atoms with Crippen molar-refractivity contribution in [3.63, 3.8) is 0 Å². The molecule has 40 heavy (non-hydrogen) atoms. The second-order valence-corrected chi connectivity index (χ2v) is 10.6. The zero-order chi connectivity index (χ0) is 27.5. The highest BCUT2D eigenvalue weighted by atomic mass is 19.1. The fraction of sp³-hybridized carbons (Fsp3) is 0.310. The topological polar surface area (TPSA) is 109 Å². The number of carbonyl (C=O) groups excluding carboxylic acids is 3. The van der Waals surface area contributed by atoms with Crippen LogP contribution in [-0.2, 0) is 22.7 Å². The van der Waals surface area contributed by atoms with Gasteiger partial charge in [0.15, 0.2) is 0 Å². The number of nitrogens with zero attached hydrogens (tertiary/aromatic N) is 6. The van der Waals surface area contributed by atoms with Gasteiger partial charge >= 0.3 is 6.03 Å². The number of nitrogens with two attached hydrogens (primary N) is 1. The summed E-state index contributed by atoms with van der Waals surface area (Å²) in [6, 6.07) is 8.21. The minimum atomic E-state index is -0.495. The van der Waals surface area contributed by atoms with Crippen LogP contribution in [0.25, 0.3) is 22.1 Å². The molecule has 6 heterocycles. The third kappa shape index (κ3) is 3.80. The maximum Gasteiger partial charge on any atom is 0.320 e. The molecule has 0 atom stereocenters. The molecule has 3 aliphatic rings. The Morgan fingerprint density at radius 3 is 2.70 bits per heavy atom. The molecular weight excluding hydrogens is 513 g/mol. The van der Waals surface area contributed by atoms with Crippen molar-refractivity contribution in [2.24, 2.45) is 11.7 Å². The van der Waals surface area contributed by atoms with Crippen LogP contribution in [0.15, 0.2) is 55.0 Å². The number of rotatable bonds is 3. The first-order valence-electron chi connectivity index (χ1n) is 13.5. The van der Waals surface area contributed by atoms with Gasteiger partial charge in [-0.15, -0.1) is 0 Å². The Hall–Kier alpha value is -4.51. The maximum absolute atomic E-state index is 15.0. The van der Waals surface area contributed by atoms with Crippen molar-refractivity contribution < 1.29 is 18.8 Å². The summed E-state index contributed by atoms with van der Waals surface area (Å²) >= 11 is 0. The number of piperidine rings is 1. The fourth-order valence-electron chi connectivity index (χ4n) is 6.20. The summed E-state index contributed by atoms with van der Waals surface area (Å²) in [7, 11) is 0. The van der Waals surface area contributed by atoms with E-state index in [2.05, 4.69) is 4.98 Å². The summed E-state index contributed by atoms with van der Waals surface area (Å²) in [6.45, 7) is 3.05. The van der Waals surface area contributed by atoms with E-state index in [0.717, 1.165) is 23.3 Å². The largest absolute Gasteiger partial charge is 0.343 e. The minimum absolute atomic E-state index is 0.0642. The Balaban J connectivity index is 1.21. The molecule has 0 bridgehead atoms. The molecule has 0 saturated carbocycles. The molecule has 0 radical (unpaired) electrons. The highest BCUT2D eigenvalue weighted by molar-refractivity contribution is 6.44. The summed E-state index contributed by atoms with van der Waals surface area (Å²) in [4.78, 5) is 49.3. The summed E-state index contributed by atoms with van der Waals surface area (Å²) in [5.41, 5.74) is 8.89. The molecule has 0 aliphatic carbocycles. The SMILES string of the molecule is NCC1CCN(C(=O)N2CCn3cc(N4C(=O)C=C(c5cnc6ccccn56)C4=O)c4cc(F)cc(c43)C2)CC1. The van der Waals surface area contributed by atoms with Crippen LogP contribution < -0.4 is 10.6 Å². The van der Waals surface area contributed by atoms with Crippen LogP contribution >= 0.6 is 0 Å². The van der Waals surface area contributed by atoms with Gasteiger partial charge in [-0.1, -0.05) is 6.07 Å². The van der Waals surface area contributed by atoms with E-state index in [1.807, 2.05) is 27.7 Å². The van der Waals surface area contributed by atoms with E-state index in [4.69, 9.17) is 5.73 Å². The highest BCUT2D eigenvalue weighted by Gasteiger charge is 2.37. The first kappa shape index (κ1) is 24.5. The predicted octanol–water partition coefficient (Wildman–Crippen LogP) is 2.99. The molecule has 0 spiro atoms. The Bertz CT molecular complexity index is 1730. The van der Waals surface area contributed by atoms with Crippen LogP contribution in [0.4, 0.5) is 14.9 Å². The molecule has 0 unspecified atom stereocenters. The van der Waals surface area contributed by atoms with E-state index in [9.17, 15) is 14.4 Å². The average Bonchev–Trinajstić information content (AvgIpc) is 3.59. The molecule has 1 fully saturated rings. The standard InChI is InChI=1S/C29H28FN7O3/c30-20-11-19-16-35(29(40)33-7-4-18(14-31)5-8-33)10-9-34-17-24(21(12-20)27(19)34)37-26(38)13-22(28(37)39)23-15-32-25-3-1-2-6-36(23)25/h1-3,6,11-13,15,17-18H,4-5,7-10,14,16,31H2. The number of hydrogen-bond donors (Lipinski definition) is 1. The fourth-order valence-corrected chi connectivity index (χ4v) is 6.20. The zero-order valence-corrected chi connectivity index (χ0v) is 21.8. The lowest BCUT2D eigenvalue weighted by Gasteiger charge is -2.35. The van der Waals surface area contributed by atoms with E-state index >= 15 is 4.39 Å². The number of benzene rings is 1. The van der Waals surface area contributed by atoms with Gasteiger partial charge in [-0.05, 0) is 55.1 Å². The summed E-state index contributed by atoms with van der Waals surface area (Å²) in [5.74, 6) is -1.04. The van der Waals surface area contributed by atoms with Crippen LogP contribution in [-0.4, -0.2) is 67.8 Å². The van der Waals surface area contributed by atoms with Crippen LogP contribution in [0, 0.1) is 11.7 Å². The molecule has 3 aliphatic heterocycles. The monoisotopic (exact) mass is 541 g/mol. The molecular formula is C29H28FN7O3. The van der Waals surface area contributed by atoms with Crippen molar-refractivity contribution in [3.8, 4) is 0 Å². The third-order valence-corrected chi connectivity index (χ3v) is 8.31. The number of halogens is 1. The molecule has 3 aromatic heterocycles. The maximum atomic E-state index is 15.0. The zero-order valence-electron chi connectivity index (χ0n) is 21.8. The number of anilines is 1. The molecule has 7 rings (SSSR count). The number of hydrogen-bond acceptors (Lipinski definition) is 5. The number of imidazole rings is 1. The van der Waals surface area contributed by atoms with Gasteiger partial charge in [-0.2, -0.15) is 0 Å². The first-order chi connectivity index (χ1) is 19.4. The van der Waals surface area contributed by atoms with Crippen molar-refractivity contribution in [2.75, 3.05) is 31.1 Å². The predicted molar refractivity (Wildman–Crippen MR) is 147 cm³/mol. The lowest BCUT2D eigenvalue weighted by atomic mass is 9.97. The Morgan fingerprint density at radius 1 is 1.07 bits per heavy atom. The normalized spacial score (nSPS) is 18.2. The molecule has 2 N–H and O–H groups in total. The number of imide groups is 1. The molecule has 11 heteroatoms. The lowest BCUT2D eigenvalue weighted by molar-refractivity contribution is -0.119. The number of aromatic nitrogens is 3. The van der Waals surface area contributed by atoms with Gasteiger partial charge in [-0.3, -0.25) is 14.0 Å². The smallest absolute Gasteiger partial charge is 0.320 e.